The van der Waals surface area contributed by atoms with Crippen LogP contribution in [0.4, 0.5) is 0 Å². The van der Waals surface area contributed by atoms with Crippen molar-refractivity contribution >= 4 is 0 Å². The van der Waals surface area contributed by atoms with Gasteiger partial charge in [-0.05, 0) is 19.3 Å². The number of hydrogen-bond donors (Lipinski definition) is 2. The molecule has 0 aliphatic heterocycles. The van der Waals surface area contributed by atoms with Crippen LogP contribution in [-0.4, -0.2) is 23.3 Å². The van der Waals surface area contributed by atoms with Crippen molar-refractivity contribution in [2.75, 3.05) is 0 Å². The predicted octanol–water partition coefficient (Wildman–Crippen LogP) is 1.68. The van der Waals surface area contributed by atoms with Crippen molar-refractivity contribution in [1.29, 1.82) is 0 Å². The van der Waals surface area contributed by atoms with Crippen molar-refractivity contribution < 1.29 is 5.11 Å². The van der Waals surface area contributed by atoms with Crippen molar-refractivity contribution in [3.63, 3.8) is 0 Å². The Labute approximate surface area is 80.7 Å². The van der Waals surface area contributed by atoms with Gasteiger partial charge in [0, 0.05) is 17.5 Å². The van der Waals surface area contributed by atoms with E-state index in [0.717, 1.165) is 12.5 Å². The fraction of sp³-hybridized carbons (Fsp3) is 1.00. The lowest BCUT2D eigenvalue weighted by Crippen LogP contribution is -2.61. The van der Waals surface area contributed by atoms with Crippen LogP contribution < -0.4 is 5.32 Å². The molecule has 2 N–H and O–H groups in total. The Bertz CT molecular complexity index is 185. The van der Waals surface area contributed by atoms with Crippen LogP contribution in [0.3, 0.4) is 0 Å². The second kappa shape index (κ2) is 3.25. The molecule has 2 heteroatoms. The molecule has 2 saturated carbocycles. The van der Waals surface area contributed by atoms with Gasteiger partial charge in [-0.3, -0.25) is 0 Å². The molecule has 2 unspecified atom stereocenters. The molecule has 0 radical (unpaired) electrons. The summed E-state index contributed by atoms with van der Waals surface area (Å²) in [6.45, 7) is 4.32. The third kappa shape index (κ3) is 1.62. The van der Waals surface area contributed by atoms with Gasteiger partial charge in [0.1, 0.15) is 0 Å². The van der Waals surface area contributed by atoms with Gasteiger partial charge >= 0.3 is 0 Å². The standard InChI is InChI=1S/C11H21NO/c1-11(2)9(7-10(11)13)12-8-5-3-4-6-8/h8-10,12-13H,3-7H2,1-2H3. The van der Waals surface area contributed by atoms with Gasteiger partial charge < -0.3 is 10.4 Å². The van der Waals surface area contributed by atoms with Gasteiger partial charge in [-0.2, -0.15) is 0 Å². The molecule has 0 aromatic heterocycles. The molecule has 76 valence electrons. The molecule has 0 bridgehead atoms. The molecule has 2 nitrogen and oxygen atoms in total. The molecule has 0 aromatic rings. The topological polar surface area (TPSA) is 32.3 Å². The molecule has 2 aliphatic carbocycles. The van der Waals surface area contributed by atoms with Gasteiger partial charge in [-0.1, -0.05) is 26.7 Å². The fourth-order valence-corrected chi connectivity index (χ4v) is 2.56. The number of hydrogen-bond acceptors (Lipinski definition) is 2. The summed E-state index contributed by atoms with van der Waals surface area (Å²) >= 11 is 0. The minimum absolute atomic E-state index is 0.0913. The van der Waals surface area contributed by atoms with Crippen molar-refractivity contribution in [3.05, 3.63) is 0 Å². The fourth-order valence-electron chi connectivity index (χ4n) is 2.56. The molecule has 0 amide bonds. The first-order valence-corrected chi connectivity index (χ1v) is 5.55. The van der Waals surface area contributed by atoms with E-state index in [-0.39, 0.29) is 11.5 Å². The van der Waals surface area contributed by atoms with E-state index < -0.39 is 0 Å². The lowest BCUT2D eigenvalue weighted by atomic mass is 9.64. The van der Waals surface area contributed by atoms with Gasteiger partial charge in [0.05, 0.1) is 6.10 Å². The normalized spacial score (nSPS) is 39.0. The predicted molar refractivity (Wildman–Crippen MR) is 53.6 cm³/mol. The third-order valence-corrected chi connectivity index (χ3v) is 4.01. The molecular formula is C11H21NO. The van der Waals surface area contributed by atoms with E-state index in [2.05, 4.69) is 19.2 Å². The quantitative estimate of drug-likeness (QED) is 0.682. The maximum Gasteiger partial charge on any atom is 0.0621 e. The van der Waals surface area contributed by atoms with Crippen molar-refractivity contribution in [3.8, 4) is 0 Å². The highest BCUT2D eigenvalue weighted by Gasteiger charge is 2.47. The Balaban J connectivity index is 1.83. The van der Waals surface area contributed by atoms with Gasteiger partial charge in [0.2, 0.25) is 0 Å². The van der Waals surface area contributed by atoms with Crippen molar-refractivity contribution in [2.45, 2.75) is 64.1 Å². The summed E-state index contributed by atoms with van der Waals surface area (Å²) in [6.07, 6.45) is 6.29. The molecule has 2 aliphatic rings. The van der Waals surface area contributed by atoms with Crippen LogP contribution in [0.5, 0.6) is 0 Å². The first kappa shape index (κ1) is 9.47. The molecule has 0 saturated heterocycles. The summed E-state index contributed by atoms with van der Waals surface area (Å²) in [6, 6.07) is 1.28. The second-order valence-corrected chi connectivity index (χ2v) is 5.27. The first-order chi connectivity index (χ1) is 6.10. The number of rotatable bonds is 2. The highest BCUT2D eigenvalue weighted by atomic mass is 16.3. The molecule has 2 rings (SSSR count). The van der Waals surface area contributed by atoms with E-state index in [4.69, 9.17) is 0 Å². The van der Waals surface area contributed by atoms with Crippen LogP contribution in [0.15, 0.2) is 0 Å². The molecule has 2 atom stereocenters. The Morgan fingerprint density at radius 2 is 1.85 bits per heavy atom. The van der Waals surface area contributed by atoms with E-state index in [1.54, 1.807) is 0 Å². The van der Waals surface area contributed by atoms with Gasteiger partial charge in [0.15, 0.2) is 0 Å². The van der Waals surface area contributed by atoms with Gasteiger partial charge in [0.25, 0.3) is 0 Å². The highest BCUT2D eigenvalue weighted by molar-refractivity contribution is 5.02. The average molecular weight is 183 g/mol. The van der Waals surface area contributed by atoms with Crippen LogP contribution in [0.25, 0.3) is 0 Å². The van der Waals surface area contributed by atoms with E-state index in [1.807, 2.05) is 0 Å². The van der Waals surface area contributed by atoms with Crippen molar-refractivity contribution in [2.24, 2.45) is 5.41 Å². The Hall–Kier alpha value is -0.0800. The lowest BCUT2D eigenvalue weighted by molar-refractivity contribution is -0.0756. The lowest BCUT2D eigenvalue weighted by Gasteiger charge is -2.50. The summed E-state index contributed by atoms with van der Waals surface area (Å²) in [7, 11) is 0. The Morgan fingerprint density at radius 3 is 2.31 bits per heavy atom. The minimum Gasteiger partial charge on any atom is -0.392 e. The molecule has 0 aromatic carbocycles. The zero-order chi connectivity index (χ0) is 9.47. The van der Waals surface area contributed by atoms with Crippen LogP contribution in [0, 0.1) is 5.41 Å². The second-order valence-electron chi connectivity index (χ2n) is 5.27. The minimum atomic E-state index is -0.0913. The number of nitrogens with one attached hydrogen (secondary N) is 1. The Kier molecular flexibility index (Phi) is 2.37. The number of aliphatic hydroxyl groups is 1. The van der Waals surface area contributed by atoms with Gasteiger partial charge in [-0.15, -0.1) is 0 Å². The molecule has 0 spiro atoms. The molecule has 0 heterocycles. The monoisotopic (exact) mass is 183 g/mol. The Morgan fingerprint density at radius 1 is 1.23 bits per heavy atom. The van der Waals surface area contributed by atoms with Crippen molar-refractivity contribution in [1.82, 2.24) is 5.32 Å². The van der Waals surface area contributed by atoms with Crippen LogP contribution in [0.1, 0.15) is 46.0 Å². The zero-order valence-electron chi connectivity index (χ0n) is 8.71. The highest BCUT2D eigenvalue weighted by Crippen LogP contribution is 2.41. The summed E-state index contributed by atoms with van der Waals surface area (Å²) in [5.74, 6) is 0. The summed E-state index contributed by atoms with van der Waals surface area (Å²) in [5, 5.41) is 13.3. The molecule has 2 fully saturated rings. The van der Waals surface area contributed by atoms with E-state index >= 15 is 0 Å². The van der Waals surface area contributed by atoms with Crippen LogP contribution in [-0.2, 0) is 0 Å². The third-order valence-electron chi connectivity index (χ3n) is 4.01. The smallest absolute Gasteiger partial charge is 0.0621 e. The zero-order valence-corrected chi connectivity index (χ0v) is 8.71. The van der Waals surface area contributed by atoms with E-state index in [9.17, 15) is 5.11 Å². The summed E-state index contributed by atoms with van der Waals surface area (Å²) in [4.78, 5) is 0. The summed E-state index contributed by atoms with van der Waals surface area (Å²) in [5.41, 5.74) is 0.0998. The largest absolute Gasteiger partial charge is 0.392 e. The first-order valence-electron chi connectivity index (χ1n) is 5.55. The van der Waals surface area contributed by atoms with Gasteiger partial charge in [-0.25, -0.2) is 0 Å². The van der Waals surface area contributed by atoms with Crippen LogP contribution >= 0.6 is 0 Å². The van der Waals surface area contributed by atoms with Crippen LogP contribution in [0.2, 0.25) is 0 Å². The average Bonchev–Trinajstić information content (AvgIpc) is 2.56. The maximum atomic E-state index is 9.58. The van der Waals surface area contributed by atoms with E-state index in [1.165, 1.54) is 25.7 Å². The molecule has 13 heavy (non-hydrogen) atoms. The van der Waals surface area contributed by atoms with E-state index in [0.29, 0.717) is 6.04 Å². The molecular weight excluding hydrogens is 162 g/mol. The summed E-state index contributed by atoms with van der Waals surface area (Å²) < 4.78 is 0. The SMILES string of the molecule is CC1(C)C(O)CC1NC1CCCC1. The maximum absolute atomic E-state index is 9.58. The number of aliphatic hydroxyl groups excluding tert-OH is 1.